The average molecular weight is 867 g/mol. The second-order valence-corrected chi connectivity index (χ2v) is 24.7. The number of Topliss-reactive ketones (excluding diaryl/α,β-unsaturated/α-hetero) is 1. The van der Waals surface area contributed by atoms with Crippen LogP contribution in [0.15, 0.2) is 36.4 Å². The van der Waals surface area contributed by atoms with Gasteiger partial charge in [0.15, 0.2) is 0 Å². The summed E-state index contributed by atoms with van der Waals surface area (Å²) in [4.78, 5) is 46.2. The number of hydrogen-bond donors (Lipinski definition) is 3. The number of phenols is 3. The number of carbonyl (C=O) groups is 3. The maximum Gasteiger partial charge on any atom is 0.224 e. The Morgan fingerprint density at radius 1 is 0.429 bits per heavy atom. The van der Waals surface area contributed by atoms with Gasteiger partial charge in [-0.05, 0) is 102 Å². The van der Waals surface area contributed by atoms with E-state index < -0.39 is 5.92 Å². The maximum absolute atomic E-state index is 14.3. The van der Waals surface area contributed by atoms with Gasteiger partial charge in [0, 0.05) is 32.4 Å². The maximum atomic E-state index is 14.3. The van der Waals surface area contributed by atoms with Crippen molar-refractivity contribution in [3.8, 4) is 17.2 Å². The molecule has 348 valence electrons. The Balaban J connectivity index is 1.65. The molecule has 63 heavy (non-hydrogen) atoms. The fourth-order valence-electron chi connectivity index (χ4n) is 8.71. The van der Waals surface area contributed by atoms with E-state index in [1.54, 1.807) is 9.80 Å². The molecule has 3 aromatic carbocycles. The minimum absolute atomic E-state index is 0.000613. The minimum atomic E-state index is -0.560. The van der Waals surface area contributed by atoms with E-state index in [1.807, 2.05) is 36.4 Å². The number of phenolic OH excluding ortho intramolecular Hbond substituents is 3. The van der Waals surface area contributed by atoms with E-state index in [9.17, 15) is 29.7 Å². The van der Waals surface area contributed by atoms with Gasteiger partial charge in [0.25, 0.3) is 0 Å². The molecule has 0 aromatic heterocycles. The molecule has 1 fully saturated rings. The summed E-state index contributed by atoms with van der Waals surface area (Å²) in [6, 6.07) is 12.1. The second kappa shape index (κ2) is 18.3. The van der Waals surface area contributed by atoms with Crippen LogP contribution in [0, 0.1) is 5.92 Å². The first kappa shape index (κ1) is 51.3. The molecule has 0 aliphatic carbocycles. The number of hydrogen-bond acceptors (Lipinski definition) is 6. The summed E-state index contributed by atoms with van der Waals surface area (Å²) in [5.74, 6) is 0.0801. The predicted octanol–water partition coefficient (Wildman–Crippen LogP) is 11.6. The van der Waals surface area contributed by atoms with Crippen molar-refractivity contribution in [3.63, 3.8) is 0 Å². The third-order valence-electron chi connectivity index (χ3n) is 12.7. The molecule has 8 nitrogen and oxygen atoms in total. The Labute approximate surface area is 380 Å². The summed E-state index contributed by atoms with van der Waals surface area (Å²) < 4.78 is 0. The van der Waals surface area contributed by atoms with Gasteiger partial charge < -0.3 is 25.1 Å². The molecule has 1 heterocycles. The minimum Gasteiger partial charge on any atom is -0.507 e. The Hall–Kier alpha value is -4.33. The highest BCUT2D eigenvalue weighted by molar-refractivity contribution is 5.85. The predicted molar refractivity (Wildman–Crippen MR) is 258 cm³/mol. The zero-order valence-electron chi connectivity index (χ0n) is 42.4. The van der Waals surface area contributed by atoms with Crippen molar-refractivity contribution in [2.75, 3.05) is 19.8 Å². The van der Waals surface area contributed by atoms with Crippen molar-refractivity contribution in [2.24, 2.45) is 5.92 Å². The molecule has 1 aliphatic rings. The monoisotopic (exact) mass is 867 g/mol. The molecule has 0 radical (unpaired) electrons. The number of carbonyl (C=O) groups excluding carboxylic acids is 3. The van der Waals surface area contributed by atoms with E-state index >= 15 is 0 Å². The Morgan fingerprint density at radius 3 is 0.873 bits per heavy atom. The number of ketones is 1. The third-order valence-corrected chi connectivity index (χ3v) is 12.7. The summed E-state index contributed by atoms with van der Waals surface area (Å²) in [5.41, 5.74) is 6.12. The van der Waals surface area contributed by atoms with Gasteiger partial charge in [0.2, 0.25) is 11.8 Å². The van der Waals surface area contributed by atoms with Crippen molar-refractivity contribution in [1.29, 1.82) is 0 Å². The van der Waals surface area contributed by atoms with Crippen LogP contribution in [0.1, 0.15) is 194 Å². The standard InChI is InChI=1S/C55H82N2O6/c1-50(2,3)38-25-34(26-39(47(38)61)51(4,5)6)19-22-44(58)37-31-56(45(59)23-20-35-27-40(52(7,8)9)48(62)41(28-35)53(10,11)12)33-57(32-37)46(60)24-21-36-29-42(54(13,14)15)49(63)43(30-36)55(16,17)18/h25-30,37,61-63H,19-24,31-33H2,1-18H3. The topological polar surface area (TPSA) is 118 Å². The summed E-state index contributed by atoms with van der Waals surface area (Å²) in [6.45, 7) is 37.9. The number of aryl methyl sites for hydroxylation is 3. The number of benzene rings is 3. The van der Waals surface area contributed by atoms with E-state index in [1.165, 1.54) is 0 Å². The molecule has 2 amide bonds. The van der Waals surface area contributed by atoms with E-state index in [0.29, 0.717) is 36.5 Å². The molecule has 0 spiro atoms. The van der Waals surface area contributed by atoms with Crippen LogP contribution in [-0.2, 0) is 66.1 Å². The first-order valence-corrected chi connectivity index (χ1v) is 23.2. The summed E-state index contributed by atoms with van der Waals surface area (Å²) in [6.07, 6.45) is 2.01. The van der Waals surface area contributed by atoms with Crippen molar-refractivity contribution < 1.29 is 29.7 Å². The molecule has 3 N–H and O–H groups in total. The summed E-state index contributed by atoms with van der Waals surface area (Å²) in [5, 5.41) is 33.9. The van der Waals surface area contributed by atoms with Gasteiger partial charge in [-0.15, -0.1) is 0 Å². The van der Waals surface area contributed by atoms with Crippen LogP contribution < -0.4 is 0 Å². The van der Waals surface area contributed by atoms with Crippen LogP contribution in [0.4, 0.5) is 0 Å². The summed E-state index contributed by atoms with van der Waals surface area (Å²) in [7, 11) is 0. The number of nitrogens with zero attached hydrogens (tertiary/aromatic N) is 2. The van der Waals surface area contributed by atoms with E-state index in [2.05, 4.69) is 125 Å². The molecule has 0 bridgehead atoms. The molecule has 4 rings (SSSR count). The molecule has 0 atom stereocenters. The molecule has 0 saturated carbocycles. The summed E-state index contributed by atoms with van der Waals surface area (Å²) >= 11 is 0. The number of amides is 2. The van der Waals surface area contributed by atoms with Gasteiger partial charge in [-0.3, -0.25) is 14.4 Å². The third kappa shape index (κ3) is 12.7. The lowest BCUT2D eigenvalue weighted by Crippen LogP contribution is -2.55. The highest BCUT2D eigenvalue weighted by Gasteiger charge is 2.36. The van der Waals surface area contributed by atoms with Crippen LogP contribution >= 0.6 is 0 Å². The average Bonchev–Trinajstić information content (AvgIpc) is 3.13. The quantitative estimate of drug-likeness (QED) is 0.187. The Kier molecular flexibility index (Phi) is 14.9. The van der Waals surface area contributed by atoms with Crippen LogP contribution in [0.3, 0.4) is 0 Å². The lowest BCUT2D eigenvalue weighted by molar-refractivity contribution is -0.147. The van der Waals surface area contributed by atoms with Crippen molar-refractivity contribution in [1.82, 2.24) is 9.80 Å². The van der Waals surface area contributed by atoms with Gasteiger partial charge in [0.1, 0.15) is 23.0 Å². The normalized spacial score (nSPS) is 15.0. The molecule has 1 aliphatic heterocycles. The van der Waals surface area contributed by atoms with Crippen molar-refractivity contribution in [3.05, 3.63) is 86.5 Å². The van der Waals surface area contributed by atoms with Gasteiger partial charge in [-0.2, -0.15) is 0 Å². The van der Waals surface area contributed by atoms with Gasteiger partial charge in [-0.25, -0.2) is 0 Å². The molecule has 3 aromatic rings. The largest absolute Gasteiger partial charge is 0.507 e. The zero-order chi connectivity index (χ0) is 48.0. The molecule has 8 heteroatoms. The van der Waals surface area contributed by atoms with E-state index in [0.717, 1.165) is 50.1 Å². The molecule has 1 saturated heterocycles. The van der Waals surface area contributed by atoms with Crippen LogP contribution in [0.25, 0.3) is 0 Å². The van der Waals surface area contributed by atoms with Crippen molar-refractivity contribution in [2.45, 2.75) is 196 Å². The lowest BCUT2D eigenvalue weighted by atomic mass is 9.78. The Morgan fingerprint density at radius 2 is 0.651 bits per heavy atom. The highest BCUT2D eigenvalue weighted by Crippen LogP contribution is 2.43. The zero-order valence-corrected chi connectivity index (χ0v) is 42.4. The van der Waals surface area contributed by atoms with Crippen LogP contribution in [0.2, 0.25) is 0 Å². The van der Waals surface area contributed by atoms with Crippen molar-refractivity contribution >= 4 is 17.6 Å². The van der Waals surface area contributed by atoms with Crippen LogP contribution in [0.5, 0.6) is 17.2 Å². The number of aromatic hydroxyl groups is 3. The van der Waals surface area contributed by atoms with Gasteiger partial charge in [-0.1, -0.05) is 161 Å². The molecule has 0 unspecified atom stereocenters. The van der Waals surface area contributed by atoms with Gasteiger partial charge in [0.05, 0.1) is 12.6 Å². The lowest BCUT2D eigenvalue weighted by Gasteiger charge is -2.40. The second-order valence-electron chi connectivity index (χ2n) is 24.7. The van der Waals surface area contributed by atoms with E-state index in [-0.39, 0.29) is 89.1 Å². The van der Waals surface area contributed by atoms with Crippen LogP contribution in [-0.4, -0.2) is 62.5 Å². The number of rotatable bonds is 10. The van der Waals surface area contributed by atoms with Gasteiger partial charge >= 0.3 is 0 Å². The smallest absolute Gasteiger partial charge is 0.224 e. The molecular formula is C55H82N2O6. The fourth-order valence-corrected chi connectivity index (χ4v) is 8.71. The SMILES string of the molecule is CC(C)(C)c1cc(CCC(=O)C2CN(C(=O)CCc3cc(C(C)(C)C)c(O)c(C(C)(C)C)c3)CN(C(=O)CCc3cc(C(C)(C)C)c(O)c(C(C)(C)C)c3)C2)cc(C(C)(C)C)c1O. The molecular weight excluding hydrogens is 785 g/mol. The highest BCUT2D eigenvalue weighted by atomic mass is 16.3. The van der Waals surface area contributed by atoms with E-state index in [4.69, 9.17) is 0 Å². The first-order valence-electron chi connectivity index (χ1n) is 23.2. The fraction of sp³-hybridized carbons (Fsp3) is 0.618. The Bertz CT molecular complexity index is 1820. The first-order chi connectivity index (χ1) is 28.5.